The second-order valence-corrected chi connectivity index (χ2v) is 6.32. The lowest BCUT2D eigenvalue weighted by Crippen LogP contribution is -2.34. The van der Waals surface area contributed by atoms with Crippen LogP contribution in [0.1, 0.15) is 43.1 Å². The molecule has 1 aromatic rings. The minimum Gasteiger partial charge on any atom is -0.337 e. The van der Waals surface area contributed by atoms with Crippen LogP contribution in [0.2, 0.25) is 0 Å². The van der Waals surface area contributed by atoms with Crippen molar-refractivity contribution >= 4 is 5.91 Å². The number of likely N-dealkylation sites (N-methyl/N-ethyl adjacent to an activating group) is 1. The lowest BCUT2D eigenvalue weighted by atomic mass is 9.83. The summed E-state index contributed by atoms with van der Waals surface area (Å²) in [5, 5.41) is 3.25. The largest absolute Gasteiger partial charge is 0.337 e. The van der Waals surface area contributed by atoms with Gasteiger partial charge in [-0.2, -0.15) is 0 Å². The van der Waals surface area contributed by atoms with Crippen molar-refractivity contribution in [1.29, 1.82) is 0 Å². The first kappa shape index (κ1) is 14.1. The predicted molar refractivity (Wildman–Crippen MR) is 78.5 cm³/mol. The molecular weight excluding hydrogens is 236 g/mol. The highest BCUT2D eigenvalue weighted by molar-refractivity contribution is 5.96. The van der Waals surface area contributed by atoms with Crippen molar-refractivity contribution in [3.05, 3.63) is 35.4 Å². The van der Waals surface area contributed by atoms with E-state index in [4.69, 9.17) is 0 Å². The molecule has 2 rings (SSSR count). The molecule has 1 atom stereocenters. The Balaban J connectivity index is 2.25. The summed E-state index contributed by atoms with van der Waals surface area (Å²) >= 11 is 0. The van der Waals surface area contributed by atoms with Crippen LogP contribution in [0.3, 0.4) is 0 Å². The highest BCUT2D eigenvalue weighted by Crippen LogP contribution is 2.27. The first-order valence-corrected chi connectivity index (χ1v) is 6.99. The Kier molecular flexibility index (Phi) is 3.95. The van der Waals surface area contributed by atoms with Crippen molar-refractivity contribution in [3.8, 4) is 0 Å². The van der Waals surface area contributed by atoms with E-state index in [0.717, 1.165) is 30.6 Å². The van der Waals surface area contributed by atoms with E-state index in [9.17, 15) is 4.79 Å². The van der Waals surface area contributed by atoms with Crippen LogP contribution in [0, 0.1) is 0 Å². The number of carbonyl (C=O) groups is 1. The van der Waals surface area contributed by atoms with Gasteiger partial charge in [0.1, 0.15) is 0 Å². The van der Waals surface area contributed by atoms with Gasteiger partial charge in [-0.3, -0.25) is 4.79 Å². The van der Waals surface area contributed by atoms with E-state index in [2.05, 4.69) is 32.2 Å². The molecule has 0 radical (unpaired) electrons. The zero-order valence-corrected chi connectivity index (χ0v) is 12.4. The highest BCUT2D eigenvalue weighted by Gasteiger charge is 2.29. The van der Waals surface area contributed by atoms with Crippen LogP contribution in [0.15, 0.2) is 24.3 Å². The van der Waals surface area contributed by atoms with Crippen molar-refractivity contribution < 1.29 is 4.79 Å². The maximum absolute atomic E-state index is 12.7. The van der Waals surface area contributed by atoms with E-state index in [1.54, 1.807) is 0 Å². The zero-order chi connectivity index (χ0) is 14.0. The van der Waals surface area contributed by atoms with Gasteiger partial charge >= 0.3 is 0 Å². The Labute approximate surface area is 116 Å². The quantitative estimate of drug-likeness (QED) is 0.885. The van der Waals surface area contributed by atoms with E-state index in [0.29, 0.717) is 6.04 Å². The van der Waals surface area contributed by atoms with E-state index in [1.165, 1.54) is 0 Å². The molecule has 1 aromatic carbocycles. The molecular formula is C16H24N2O. The summed E-state index contributed by atoms with van der Waals surface area (Å²) in [4.78, 5) is 14.6. The van der Waals surface area contributed by atoms with Gasteiger partial charge in [-0.1, -0.05) is 39.0 Å². The monoisotopic (exact) mass is 260 g/mol. The number of hydrogen-bond acceptors (Lipinski definition) is 2. The van der Waals surface area contributed by atoms with Gasteiger partial charge in [0.15, 0.2) is 0 Å². The van der Waals surface area contributed by atoms with Crippen LogP contribution in [0.25, 0.3) is 0 Å². The Morgan fingerprint density at radius 1 is 1.32 bits per heavy atom. The van der Waals surface area contributed by atoms with Gasteiger partial charge in [-0.25, -0.2) is 0 Å². The fourth-order valence-electron chi connectivity index (χ4n) is 2.67. The topological polar surface area (TPSA) is 32.3 Å². The maximum Gasteiger partial charge on any atom is 0.254 e. The molecule has 0 spiro atoms. The fraction of sp³-hybridized carbons (Fsp3) is 0.562. The lowest BCUT2D eigenvalue weighted by molar-refractivity contribution is 0.0787. The average Bonchev–Trinajstić information content (AvgIpc) is 2.85. The molecule has 0 aromatic heterocycles. The van der Waals surface area contributed by atoms with Crippen molar-refractivity contribution in [2.75, 3.05) is 20.1 Å². The van der Waals surface area contributed by atoms with Gasteiger partial charge in [0.2, 0.25) is 0 Å². The summed E-state index contributed by atoms with van der Waals surface area (Å²) < 4.78 is 0. The second kappa shape index (κ2) is 5.33. The molecule has 1 aliphatic heterocycles. The molecule has 3 heteroatoms. The summed E-state index contributed by atoms with van der Waals surface area (Å²) in [7, 11) is 1.96. The number of benzene rings is 1. The SMILES string of the molecule is CNC1CCN(C(=O)c2ccccc2C(C)(C)C)C1. The van der Waals surface area contributed by atoms with E-state index in [-0.39, 0.29) is 11.3 Å². The Bertz CT molecular complexity index is 462. The Hall–Kier alpha value is -1.35. The molecule has 0 bridgehead atoms. The third kappa shape index (κ3) is 2.98. The number of nitrogens with one attached hydrogen (secondary N) is 1. The molecule has 1 saturated heterocycles. The van der Waals surface area contributed by atoms with E-state index < -0.39 is 0 Å². The summed E-state index contributed by atoms with van der Waals surface area (Å²) in [6.45, 7) is 8.12. The van der Waals surface area contributed by atoms with Gasteiger partial charge < -0.3 is 10.2 Å². The van der Waals surface area contributed by atoms with Crippen molar-refractivity contribution in [3.63, 3.8) is 0 Å². The molecule has 1 N–H and O–H groups in total. The van der Waals surface area contributed by atoms with Crippen LogP contribution in [0.4, 0.5) is 0 Å². The predicted octanol–water partition coefficient (Wildman–Crippen LogP) is 2.42. The molecule has 1 heterocycles. The number of amides is 1. The molecule has 3 nitrogen and oxygen atoms in total. The molecule has 104 valence electrons. The first-order valence-electron chi connectivity index (χ1n) is 6.99. The number of hydrogen-bond donors (Lipinski definition) is 1. The van der Waals surface area contributed by atoms with Crippen LogP contribution >= 0.6 is 0 Å². The fourth-order valence-corrected chi connectivity index (χ4v) is 2.67. The number of likely N-dealkylation sites (tertiary alicyclic amines) is 1. The third-order valence-corrected chi connectivity index (χ3v) is 3.85. The van der Waals surface area contributed by atoms with Crippen LogP contribution < -0.4 is 5.32 Å². The van der Waals surface area contributed by atoms with Gasteiger partial charge in [0.25, 0.3) is 5.91 Å². The molecule has 0 saturated carbocycles. The molecule has 19 heavy (non-hydrogen) atoms. The summed E-state index contributed by atoms with van der Waals surface area (Å²) in [6, 6.07) is 8.42. The minimum absolute atomic E-state index is 0.00557. The minimum atomic E-state index is -0.00557. The van der Waals surface area contributed by atoms with Gasteiger partial charge in [-0.15, -0.1) is 0 Å². The van der Waals surface area contributed by atoms with Crippen LogP contribution in [-0.2, 0) is 5.41 Å². The molecule has 1 aliphatic rings. The van der Waals surface area contributed by atoms with Gasteiger partial charge in [0, 0.05) is 24.7 Å². The third-order valence-electron chi connectivity index (χ3n) is 3.85. The van der Waals surface area contributed by atoms with E-state index in [1.807, 2.05) is 30.1 Å². The van der Waals surface area contributed by atoms with Crippen LogP contribution in [-0.4, -0.2) is 37.0 Å². The second-order valence-electron chi connectivity index (χ2n) is 6.32. The number of carbonyl (C=O) groups excluding carboxylic acids is 1. The normalized spacial score (nSPS) is 19.8. The highest BCUT2D eigenvalue weighted by atomic mass is 16.2. The van der Waals surface area contributed by atoms with Crippen molar-refractivity contribution in [2.24, 2.45) is 0 Å². The lowest BCUT2D eigenvalue weighted by Gasteiger charge is -2.25. The molecule has 1 amide bonds. The molecule has 1 unspecified atom stereocenters. The number of nitrogens with zero attached hydrogens (tertiary/aromatic N) is 1. The van der Waals surface area contributed by atoms with Gasteiger partial charge in [-0.05, 0) is 30.5 Å². The maximum atomic E-state index is 12.7. The van der Waals surface area contributed by atoms with Crippen LogP contribution in [0.5, 0.6) is 0 Å². The summed E-state index contributed by atoms with van der Waals surface area (Å²) in [6.07, 6.45) is 1.04. The van der Waals surface area contributed by atoms with E-state index >= 15 is 0 Å². The Morgan fingerprint density at radius 2 is 2.00 bits per heavy atom. The van der Waals surface area contributed by atoms with Crippen molar-refractivity contribution in [1.82, 2.24) is 10.2 Å². The standard InChI is InChI=1S/C16H24N2O/c1-16(2,3)14-8-6-5-7-13(14)15(19)18-10-9-12(11-18)17-4/h5-8,12,17H,9-11H2,1-4H3. The molecule has 0 aliphatic carbocycles. The molecule has 1 fully saturated rings. The summed E-state index contributed by atoms with van der Waals surface area (Å²) in [5.74, 6) is 0.170. The number of rotatable bonds is 2. The average molecular weight is 260 g/mol. The van der Waals surface area contributed by atoms with Gasteiger partial charge in [0.05, 0.1) is 0 Å². The first-order chi connectivity index (χ1) is 8.93. The zero-order valence-electron chi connectivity index (χ0n) is 12.4. The smallest absolute Gasteiger partial charge is 0.254 e. The summed E-state index contributed by atoms with van der Waals surface area (Å²) in [5.41, 5.74) is 1.98. The Morgan fingerprint density at radius 3 is 2.58 bits per heavy atom. The van der Waals surface area contributed by atoms with Crippen molar-refractivity contribution in [2.45, 2.75) is 38.6 Å².